The minimum absolute atomic E-state index is 0.598. The van der Waals surface area contributed by atoms with Gasteiger partial charge in [0.2, 0.25) is 0 Å². The van der Waals surface area contributed by atoms with Crippen LogP contribution in [0.5, 0.6) is 0 Å². The van der Waals surface area contributed by atoms with Gasteiger partial charge in [0.15, 0.2) is 0 Å². The predicted molar refractivity (Wildman–Crippen MR) is 125 cm³/mol. The van der Waals surface area contributed by atoms with Crippen LogP contribution in [0.15, 0.2) is 71.6 Å². The molecule has 4 rings (SSSR count). The molecular weight excluding hydrogens is 416 g/mol. The number of hydrogen-bond donors (Lipinski definition) is 3. The molecule has 0 radical (unpaired) electrons. The van der Waals surface area contributed by atoms with E-state index in [9.17, 15) is 8.42 Å². The first-order chi connectivity index (χ1) is 14.5. The molecule has 0 amide bonds. The molecule has 4 aromatic rings. The van der Waals surface area contributed by atoms with Gasteiger partial charge in [0.1, 0.15) is 27.8 Å². The molecule has 0 fully saturated rings. The Kier molecular flexibility index (Phi) is 5.89. The summed E-state index contributed by atoms with van der Waals surface area (Å²) in [6, 6.07) is 20.9. The number of anilines is 1. The molecule has 8 heteroatoms. The van der Waals surface area contributed by atoms with Crippen LogP contribution >= 0.6 is 0 Å². The number of nitrogens with two attached hydrogens (primary N) is 1. The normalized spacial score (nSPS) is 13.5. The largest absolute Gasteiger partial charge is 0.338 e. The van der Waals surface area contributed by atoms with Gasteiger partial charge in [-0.25, -0.2) is 18.5 Å². The number of benzene rings is 3. The van der Waals surface area contributed by atoms with Crippen molar-refractivity contribution >= 4 is 50.8 Å². The van der Waals surface area contributed by atoms with Crippen molar-refractivity contribution < 1.29 is 8.42 Å². The van der Waals surface area contributed by atoms with Gasteiger partial charge < -0.3 is 9.71 Å². The molecule has 152 valence electrons. The summed E-state index contributed by atoms with van der Waals surface area (Å²) in [5.74, 6) is 0.731. The standard InChI is InChI=1S/C22H20N4O2S2/c1-29(27)26-17-10-6-15(7-11-17)8-13-22-24-19-12-9-16(14-20(19)25-22)18-4-2-3-5-21(18)30(23)28/h2-14,26H,23H2,1H3,(H,24,25)/b13-8+. The molecule has 3 aromatic carbocycles. The van der Waals surface area contributed by atoms with Crippen LogP contribution < -0.4 is 9.86 Å². The summed E-state index contributed by atoms with van der Waals surface area (Å²) in [5.41, 5.74) is 5.30. The lowest BCUT2D eigenvalue weighted by atomic mass is 10.1. The summed E-state index contributed by atoms with van der Waals surface area (Å²) in [7, 11) is -2.65. The SMILES string of the molecule is CS(=O)Nc1ccc(/C=C/c2nc3ccc(-c4ccccc4S(N)=O)cc3[nH]2)cc1. The number of nitrogens with one attached hydrogen (secondary N) is 2. The molecule has 0 aliphatic heterocycles. The van der Waals surface area contributed by atoms with E-state index in [2.05, 4.69) is 14.7 Å². The lowest BCUT2D eigenvalue weighted by Crippen LogP contribution is -2.04. The topological polar surface area (TPSA) is 101 Å². The fourth-order valence-corrected chi connectivity index (χ4v) is 4.24. The zero-order chi connectivity index (χ0) is 21.1. The molecule has 2 unspecified atom stereocenters. The number of H-pyrrole nitrogens is 1. The van der Waals surface area contributed by atoms with Crippen molar-refractivity contribution in [2.24, 2.45) is 5.14 Å². The predicted octanol–water partition coefficient (Wildman–Crippen LogP) is 4.09. The van der Waals surface area contributed by atoms with Gasteiger partial charge in [-0.3, -0.25) is 0 Å². The maximum absolute atomic E-state index is 11.8. The zero-order valence-corrected chi connectivity index (χ0v) is 17.8. The Bertz CT molecular complexity index is 1280. The van der Waals surface area contributed by atoms with Gasteiger partial charge in [-0.05, 0) is 53.1 Å². The number of imidazole rings is 1. The molecule has 0 aliphatic carbocycles. The molecule has 0 spiro atoms. The minimum Gasteiger partial charge on any atom is -0.338 e. The van der Waals surface area contributed by atoms with Crippen molar-refractivity contribution in [3.63, 3.8) is 0 Å². The van der Waals surface area contributed by atoms with E-state index in [4.69, 9.17) is 5.14 Å². The van der Waals surface area contributed by atoms with E-state index in [0.717, 1.165) is 39.2 Å². The number of aromatic nitrogens is 2. The number of rotatable bonds is 6. The van der Waals surface area contributed by atoms with Gasteiger partial charge in [0.25, 0.3) is 0 Å². The van der Waals surface area contributed by atoms with Crippen molar-refractivity contribution in [1.82, 2.24) is 9.97 Å². The monoisotopic (exact) mass is 436 g/mol. The summed E-state index contributed by atoms with van der Waals surface area (Å²) in [5, 5.41) is 5.62. The number of fused-ring (bicyclic) bond motifs is 1. The van der Waals surface area contributed by atoms with Crippen molar-refractivity contribution in [3.8, 4) is 11.1 Å². The Balaban J connectivity index is 1.59. The lowest BCUT2D eigenvalue weighted by Gasteiger charge is -2.06. The van der Waals surface area contributed by atoms with Crippen molar-refractivity contribution in [1.29, 1.82) is 0 Å². The molecule has 2 atom stereocenters. The second kappa shape index (κ2) is 8.74. The summed E-state index contributed by atoms with van der Waals surface area (Å²) in [6.07, 6.45) is 5.45. The van der Waals surface area contributed by atoms with Gasteiger partial charge in [0, 0.05) is 11.9 Å². The van der Waals surface area contributed by atoms with Gasteiger partial charge in [0.05, 0.1) is 15.9 Å². The highest BCUT2D eigenvalue weighted by atomic mass is 32.2. The summed E-state index contributed by atoms with van der Waals surface area (Å²) >= 11 is 0. The summed E-state index contributed by atoms with van der Waals surface area (Å²) < 4.78 is 25.9. The first-order valence-corrected chi connectivity index (χ1v) is 11.9. The smallest absolute Gasteiger partial charge is 0.131 e. The molecular formula is C22H20N4O2S2. The van der Waals surface area contributed by atoms with E-state index in [0.29, 0.717) is 4.90 Å². The molecule has 0 saturated heterocycles. The molecule has 6 nitrogen and oxygen atoms in total. The van der Waals surface area contributed by atoms with Crippen LogP contribution in [0, 0.1) is 0 Å². The maximum atomic E-state index is 11.8. The fraction of sp³-hybridized carbons (Fsp3) is 0.0455. The first-order valence-electron chi connectivity index (χ1n) is 9.13. The van der Waals surface area contributed by atoms with Crippen LogP contribution in [0.1, 0.15) is 11.4 Å². The van der Waals surface area contributed by atoms with Crippen molar-refractivity contribution in [3.05, 3.63) is 78.1 Å². The first kappa shape index (κ1) is 20.2. The Labute approximate surface area is 179 Å². The van der Waals surface area contributed by atoms with E-state index in [1.807, 2.05) is 72.8 Å². The Hall–Kier alpha value is -3.07. The third kappa shape index (κ3) is 4.56. The van der Waals surface area contributed by atoms with Crippen LogP contribution in [-0.2, 0) is 22.0 Å². The van der Waals surface area contributed by atoms with Gasteiger partial charge >= 0.3 is 0 Å². The molecule has 1 aromatic heterocycles. The number of nitrogens with zero attached hydrogens (tertiary/aromatic N) is 1. The van der Waals surface area contributed by atoms with E-state index in [1.165, 1.54) is 0 Å². The molecule has 0 bridgehead atoms. The molecule has 4 N–H and O–H groups in total. The van der Waals surface area contributed by atoms with Crippen LogP contribution in [0.25, 0.3) is 34.3 Å². The van der Waals surface area contributed by atoms with Gasteiger partial charge in [-0.1, -0.05) is 42.5 Å². The number of aromatic amines is 1. The van der Waals surface area contributed by atoms with Crippen molar-refractivity contribution in [2.75, 3.05) is 11.0 Å². The second-order valence-corrected chi connectivity index (χ2v) is 8.81. The maximum Gasteiger partial charge on any atom is 0.131 e. The van der Waals surface area contributed by atoms with Crippen LogP contribution in [0.3, 0.4) is 0 Å². The Morgan fingerprint density at radius 3 is 2.50 bits per heavy atom. The molecule has 0 saturated carbocycles. The van der Waals surface area contributed by atoms with E-state index >= 15 is 0 Å². The van der Waals surface area contributed by atoms with E-state index < -0.39 is 22.0 Å². The molecule has 30 heavy (non-hydrogen) atoms. The lowest BCUT2D eigenvalue weighted by molar-refractivity contribution is 0.684. The highest BCUT2D eigenvalue weighted by Gasteiger charge is 2.10. The highest BCUT2D eigenvalue weighted by Crippen LogP contribution is 2.28. The number of hydrogen-bond acceptors (Lipinski definition) is 3. The van der Waals surface area contributed by atoms with Crippen LogP contribution in [0.4, 0.5) is 5.69 Å². The van der Waals surface area contributed by atoms with Gasteiger partial charge in [-0.2, -0.15) is 0 Å². The third-order valence-corrected chi connectivity index (χ3v) is 5.83. The third-order valence-electron chi connectivity index (χ3n) is 4.52. The highest BCUT2D eigenvalue weighted by molar-refractivity contribution is 7.85. The quantitative estimate of drug-likeness (QED) is 0.424. The second-order valence-electron chi connectivity index (χ2n) is 6.66. The zero-order valence-electron chi connectivity index (χ0n) is 16.2. The summed E-state index contributed by atoms with van der Waals surface area (Å²) in [6.45, 7) is 0. The Morgan fingerprint density at radius 1 is 1.00 bits per heavy atom. The average Bonchev–Trinajstić information content (AvgIpc) is 3.15. The summed E-state index contributed by atoms with van der Waals surface area (Å²) in [4.78, 5) is 8.50. The van der Waals surface area contributed by atoms with E-state index in [1.54, 1.807) is 12.3 Å². The molecule has 1 heterocycles. The minimum atomic E-state index is -1.56. The van der Waals surface area contributed by atoms with E-state index in [-0.39, 0.29) is 0 Å². The van der Waals surface area contributed by atoms with Crippen LogP contribution in [-0.4, -0.2) is 24.6 Å². The van der Waals surface area contributed by atoms with Gasteiger partial charge in [-0.15, -0.1) is 0 Å². The molecule has 0 aliphatic rings. The van der Waals surface area contributed by atoms with Crippen LogP contribution in [0.2, 0.25) is 0 Å². The fourth-order valence-electron chi connectivity index (χ4n) is 3.16. The Morgan fingerprint density at radius 2 is 1.77 bits per heavy atom. The van der Waals surface area contributed by atoms with Crippen molar-refractivity contribution in [2.45, 2.75) is 4.90 Å². The average molecular weight is 437 g/mol.